The number of halogens is 1. The van der Waals surface area contributed by atoms with E-state index < -0.39 is 0 Å². The second-order valence-electron chi connectivity index (χ2n) is 6.88. The molecule has 150 valence electrons. The van der Waals surface area contributed by atoms with Gasteiger partial charge in [-0.15, -0.1) is 0 Å². The van der Waals surface area contributed by atoms with Crippen LogP contribution in [0.3, 0.4) is 0 Å². The van der Waals surface area contributed by atoms with Crippen LogP contribution in [0.2, 0.25) is 5.02 Å². The maximum atomic E-state index is 12.4. The number of thioether (sulfide) groups is 1. The van der Waals surface area contributed by atoms with E-state index in [1.54, 1.807) is 24.3 Å². The van der Waals surface area contributed by atoms with E-state index in [1.807, 2.05) is 24.4 Å². The third kappa shape index (κ3) is 5.21. The van der Waals surface area contributed by atoms with Crippen LogP contribution in [0.15, 0.2) is 66.0 Å². The van der Waals surface area contributed by atoms with E-state index in [0.29, 0.717) is 5.02 Å². The molecule has 0 saturated carbocycles. The summed E-state index contributed by atoms with van der Waals surface area (Å²) in [5.74, 6) is 0.199. The molecule has 3 aromatic rings. The fraction of sp³-hybridized carbons (Fsp3) is 0.273. The maximum absolute atomic E-state index is 12.4. The zero-order valence-electron chi connectivity index (χ0n) is 15.9. The van der Waals surface area contributed by atoms with Crippen LogP contribution in [0.4, 0.5) is 5.69 Å². The number of nitrogens with zero attached hydrogens (tertiary/aromatic N) is 2. The van der Waals surface area contributed by atoms with Gasteiger partial charge in [0.1, 0.15) is 0 Å². The largest absolute Gasteiger partial charge is 0.376 e. The molecule has 4 rings (SSSR count). The average molecular weight is 428 g/mol. The highest BCUT2D eigenvalue weighted by atomic mass is 35.5. The average Bonchev–Trinajstić information content (AvgIpc) is 3.39. The molecule has 1 atom stereocenters. The number of aromatic nitrogens is 2. The number of imidazole rings is 1. The fourth-order valence-corrected chi connectivity index (χ4v) is 4.26. The van der Waals surface area contributed by atoms with Crippen LogP contribution in [0, 0.1) is 0 Å². The lowest BCUT2D eigenvalue weighted by Crippen LogP contribution is -2.18. The molecule has 1 aliphatic heterocycles. The molecule has 1 aliphatic rings. The normalized spacial score (nSPS) is 16.1. The molecule has 2 aromatic carbocycles. The van der Waals surface area contributed by atoms with Gasteiger partial charge in [-0.1, -0.05) is 53.7 Å². The topological polar surface area (TPSA) is 56.2 Å². The van der Waals surface area contributed by atoms with Gasteiger partial charge in [-0.25, -0.2) is 4.98 Å². The van der Waals surface area contributed by atoms with E-state index in [9.17, 15) is 4.79 Å². The van der Waals surface area contributed by atoms with Crippen molar-refractivity contribution in [3.8, 4) is 11.3 Å². The van der Waals surface area contributed by atoms with Crippen LogP contribution >= 0.6 is 23.4 Å². The van der Waals surface area contributed by atoms with E-state index in [-0.39, 0.29) is 17.8 Å². The molecule has 1 unspecified atom stereocenters. The van der Waals surface area contributed by atoms with Crippen molar-refractivity contribution in [3.63, 3.8) is 0 Å². The Balaban J connectivity index is 1.47. The van der Waals surface area contributed by atoms with Crippen molar-refractivity contribution in [2.45, 2.75) is 30.6 Å². The van der Waals surface area contributed by atoms with Gasteiger partial charge in [0.05, 0.1) is 30.3 Å². The molecular formula is C22H22ClN3O2S. The van der Waals surface area contributed by atoms with Gasteiger partial charge < -0.3 is 14.6 Å². The van der Waals surface area contributed by atoms with Crippen molar-refractivity contribution < 1.29 is 9.53 Å². The Morgan fingerprint density at radius 2 is 2.00 bits per heavy atom. The van der Waals surface area contributed by atoms with Crippen molar-refractivity contribution >= 4 is 35.0 Å². The molecule has 0 aliphatic carbocycles. The first kappa shape index (κ1) is 20.0. The van der Waals surface area contributed by atoms with E-state index in [1.165, 1.54) is 11.8 Å². The summed E-state index contributed by atoms with van der Waals surface area (Å²) in [5.41, 5.74) is 2.88. The van der Waals surface area contributed by atoms with Crippen molar-refractivity contribution in [2.24, 2.45) is 0 Å². The first-order valence-electron chi connectivity index (χ1n) is 9.60. The number of nitrogens with one attached hydrogen (secondary N) is 1. The van der Waals surface area contributed by atoms with Crippen LogP contribution in [0.1, 0.15) is 12.8 Å². The van der Waals surface area contributed by atoms with E-state index in [2.05, 4.69) is 27.0 Å². The third-order valence-electron chi connectivity index (χ3n) is 4.76. The zero-order chi connectivity index (χ0) is 20.1. The van der Waals surface area contributed by atoms with Gasteiger partial charge in [0.25, 0.3) is 0 Å². The molecule has 0 bridgehead atoms. The Hall–Kier alpha value is -2.28. The van der Waals surface area contributed by atoms with Crippen molar-refractivity contribution in [2.75, 3.05) is 17.7 Å². The second kappa shape index (κ2) is 9.48. The van der Waals surface area contributed by atoms with Gasteiger partial charge in [-0.3, -0.25) is 4.79 Å². The number of anilines is 1. The highest BCUT2D eigenvalue weighted by Gasteiger charge is 2.21. The third-order valence-corrected chi connectivity index (χ3v) is 6.00. The summed E-state index contributed by atoms with van der Waals surface area (Å²) in [6.45, 7) is 1.55. The molecule has 1 aromatic heterocycles. The first-order chi connectivity index (χ1) is 14.2. The standard InChI is InChI=1S/C22H22ClN3O2S/c23-17-8-10-18(11-9-17)25-21(27)15-29-22-24-13-20(16-5-2-1-3-6-16)26(22)14-19-7-4-12-28-19/h1-3,5-6,8-11,13,19H,4,7,12,14-15H2,(H,25,27). The second-order valence-corrected chi connectivity index (χ2v) is 8.26. The van der Waals surface area contributed by atoms with Crippen molar-refractivity contribution in [1.29, 1.82) is 0 Å². The van der Waals surface area contributed by atoms with Gasteiger partial charge in [0.15, 0.2) is 5.16 Å². The lowest BCUT2D eigenvalue weighted by molar-refractivity contribution is -0.113. The molecule has 0 radical (unpaired) electrons. The maximum Gasteiger partial charge on any atom is 0.234 e. The van der Waals surface area contributed by atoms with Crippen LogP contribution < -0.4 is 5.32 Å². The Kier molecular flexibility index (Phi) is 6.54. The van der Waals surface area contributed by atoms with Crippen LogP contribution in [0.25, 0.3) is 11.3 Å². The monoisotopic (exact) mass is 427 g/mol. The molecule has 1 saturated heterocycles. The molecule has 1 N–H and O–H groups in total. The molecular weight excluding hydrogens is 406 g/mol. The number of carbonyl (C=O) groups is 1. The van der Waals surface area contributed by atoms with Crippen LogP contribution in [-0.2, 0) is 16.1 Å². The minimum absolute atomic E-state index is 0.0785. The smallest absolute Gasteiger partial charge is 0.234 e. The summed E-state index contributed by atoms with van der Waals surface area (Å²) in [6.07, 6.45) is 4.21. The number of amides is 1. The Labute approximate surface area is 179 Å². The molecule has 1 amide bonds. The van der Waals surface area contributed by atoms with Crippen molar-refractivity contribution in [3.05, 3.63) is 65.8 Å². The number of hydrogen-bond acceptors (Lipinski definition) is 4. The lowest BCUT2D eigenvalue weighted by atomic mass is 10.1. The van der Waals surface area contributed by atoms with Gasteiger partial charge in [-0.2, -0.15) is 0 Å². The fourth-order valence-electron chi connectivity index (χ4n) is 3.34. The van der Waals surface area contributed by atoms with Crippen molar-refractivity contribution in [1.82, 2.24) is 9.55 Å². The number of rotatable bonds is 7. The summed E-state index contributed by atoms with van der Waals surface area (Å²) < 4.78 is 8.01. The zero-order valence-corrected chi connectivity index (χ0v) is 17.5. The summed E-state index contributed by atoms with van der Waals surface area (Å²) in [7, 11) is 0. The molecule has 2 heterocycles. The van der Waals surface area contributed by atoms with Crippen LogP contribution in [-0.4, -0.2) is 33.9 Å². The predicted molar refractivity (Wildman–Crippen MR) is 117 cm³/mol. The first-order valence-corrected chi connectivity index (χ1v) is 11.0. The summed E-state index contributed by atoms with van der Waals surface area (Å²) in [6, 6.07) is 17.3. The molecule has 29 heavy (non-hydrogen) atoms. The molecule has 5 nitrogen and oxygen atoms in total. The van der Waals surface area contributed by atoms with E-state index in [4.69, 9.17) is 16.3 Å². The number of hydrogen-bond donors (Lipinski definition) is 1. The van der Waals surface area contributed by atoms with E-state index in [0.717, 1.165) is 48.1 Å². The SMILES string of the molecule is O=C(CSc1ncc(-c2ccccc2)n1CC1CCCO1)Nc1ccc(Cl)cc1. The number of ether oxygens (including phenoxy) is 1. The summed E-state index contributed by atoms with van der Waals surface area (Å²) in [4.78, 5) is 17.0. The van der Waals surface area contributed by atoms with Gasteiger partial charge in [0.2, 0.25) is 5.91 Å². The van der Waals surface area contributed by atoms with Gasteiger partial charge in [-0.05, 0) is 42.7 Å². The molecule has 7 heteroatoms. The Morgan fingerprint density at radius 3 is 2.72 bits per heavy atom. The Morgan fingerprint density at radius 1 is 1.21 bits per heavy atom. The number of benzene rings is 2. The number of carbonyl (C=O) groups excluding carboxylic acids is 1. The highest BCUT2D eigenvalue weighted by molar-refractivity contribution is 7.99. The minimum atomic E-state index is -0.0785. The molecule has 0 spiro atoms. The van der Waals surface area contributed by atoms with Gasteiger partial charge >= 0.3 is 0 Å². The summed E-state index contributed by atoms with van der Waals surface area (Å²) >= 11 is 7.33. The highest BCUT2D eigenvalue weighted by Crippen LogP contribution is 2.28. The van der Waals surface area contributed by atoms with Gasteiger partial charge in [0, 0.05) is 17.3 Å². The Bertz CT molecular complexity index is 954. The lowest BCUT2D eigenvalue weighted by Gasteiger charge is -2.16. The minimum Gasteiger partial charge on any atom is -0.376 e. The quantitative estimate of drug-likeness (QED) is 0.532. The molecule has 1 fully saturated rings. The van der Waals surface area contributed by atoms with Crippen LogP contribution in [0.5, 0.6) is 0 Å². The predicted octanol–water partition coefficient (Wildman–Crippen LogP) is 5.11. The summed E-state index contributed by atoms with van der Waals surface area (Å²) in [5, 5.41) is 4.36. The van der Waals surface area contributed by atoms with E-state index >= 15 is 0 Å².